The number of nitrogens with one attached hydrogen (secondary N) is 4. The number of urea groups is 2. The van der Waals surface area contributed by atoms with Gasteiger partial charge in [0, 0.05) is 36.1 Å². The number of amides is 4. The fourth-order valence-corrected chi connectivity index (χ4v) is 7.40. The van der Waals surface area contributed by atoms with Gasteiger partial charge in [0.25, 0.3) is 0 Å². The molecule has 5 rings (SSSR count). The molecule has 55 heavy (non-hydrogen) atoms. The molecule has 0 unspecified atom stereocenters. The third-order valence-corrected chi connectivity index (χ3v) is 10.6. The first kappa shape index (κ1) is 41.1. The molecule has 0 bridgehead atoms. The topological polar surface area (TPSA) is 118 Å². The molecule has 0 aliphatic heterocycles. The van der Waals surface area contributed by atoms with E-state index < -0.39 is 0 Å². The van der Waals surface area contributed by atoms with Crippen molar-refractivity contribution in [3.63, 3.8) is 0 Å². The summed E-state index contributed by atoms with van der Waals surface area (Å²) in [5.74, 6) is 1.69. The first-order chi connectivity index (χ1) is 26.3. The number of carbonyl (C=O) groups is 2. The van der Waals surface area contributed by atoms with Crippen molar-refractivity contribution in [2.24, 2.45) is 0 Å². The number of rotatable bonds is 17. The van der Waals surface area contributed by atoms with E-state index in [1.807, 2.05) is 104 Å². The number of hydrogen-bond acceptors (Lipinski definition) is 7. The normalized spacial score (nSPS) is 13.3. The zero-order chi connectivity index (χ0) is 39.5. The highest BCUT2D eigenvalue weighted by Gasteiger charge is 2.23. The molecule has 0 radical (unpaired) electrons. The fourth-order valence-electron chi connectivity index (χ4n) is 6.73. The Labute approximate surface area is 329 Å². The Morgan fingerprint density at radius 1 is 0.764 bits per heavy atom. The third kappa shape index (κ3) is 12.2. The van der Waals surface area contributed by atoms with E-state index in [0.29, 0.717) is 13.1 Å². The second-order valence-corrected chi connectivity index (χ2v) is 16.1. The summed E-state index contributed by atoms with van der Waals surface area (Å²) < 4.78 is 6.52. The van der Waals surface area contributed by atoms with Crippen LogP contribution in [0.4, 0.5) is 9.59 Å². The van der Waals surface area contributed by atoms with Crippen molar-refractivity contribution in [2.75, 3.05) is 41.3 Å². The van der Waals surface area contributed by atoms with Crippen molar-refractivity contribution in [2.45, 2.75) is 63.7 Å². The molecule has 0 aliphatic carbocycles. The van der Waals surface area contributed by atoms with Gasteiger partial charge in [-0.1, -0.05) is 54.6 Å². The standard InChI is InChI=1S/C44H56N6O4S/c1-30(47-42(52)45-27-34(49(4)5)23-31-17-19-36(51)20-18-31)38-13-9-15-40-39(38)14-10-16-41(40)54-37-12-8-11-32(25-37)24-35(50(6)7)28-46-43(53)48-44(2,3)26-33-21-22-55-29-33/h8-22,25,29-30,34-35,51H,23-24,26-28H2,1-7H3,(H2,45,47,52)(H2,46,48,53)/t30-,34-,35-/m0/s1. The third-order valence-electron chi connectivity index (χ3n) is 9.87. The summed E-state index contributed by atoms with van der Waals surface area (Å²) in [6.45, 7) is 7.02. The molecule has 0 fully saturated rings. The van der Waals surface area contributed by atoms with Gasteiger partial charge in [-0.2, -0.15) is 11.3 Å². The number of nitrogens with zero attached hydrogens (tertiary/aromatic N) is 2. The lowest BCUT2D eigenvalue weighted by Crippen LogP contribution is -2.52. The Hall–Kier alpha value is -5.10. The maximum absolute atomic E-state index is 13.1. The zero-order valence-corrected chi connectivity index (χ0v) is 33.9. The number of hydrogen-bond donors (Lipinski definition) is 5. The van der Waals surface area contributed by atoms with Crippen molar-refractivity contribution >= 4 is 34.2 Å². The number of aromatic hydroxyl groups is 1. The van der Waals surface area contributed by atoms with Crippen molar-refractivity contribution < 1.29 is 19.4 Å². The van der Waals surface area contributed by atoms with E-state index >= 15 is 0 Å². The van der Waals surface area contributed by atoms with Crippen LogP contribution in [0.15, 0.2) is 102 Å². The predicted molar refractivity (Wildman–Crippen MR) is 225 cm³/mol. The van der Waals surface area contributed by atoms with E-state index in [1.54, 1.807) is 23.5 Å². The number of ether oxygens (including phenoxy) is 1. The number of thiophene rings is 1. The maximum Gasteiger partial charge on any atom is 0.315 e. The molecule has 292 valence electrons. The van der Waals surface area contributed by atoms with Gasteiger partial charge >= 0.3 is 12.1 Å². The lowest BCUT2D eigenvalue weighted by Gasteiger charge is -2.28. The largest absolute Gasteiger partial charge is 0.508 e. The SMILES string of the molecule is C[C@H](NC(=O)NC[C@H](Cc1ccc(O)cc1)N(C)C)c1cccc2c(Oc3cccc(C[C@@H](CNC(=O)NC(C)(C)Cc4ccsc4)N(C)C)c3)cccc12. The summed E-state index contributed by atoms with van der Waals surface area (Å²) in [6, 6.07) is 28.9. The number of likely N-dealkylation sites (N-methyl/N-ethyl adjacent to an activating group) is 2. The second-order valence-electron chi connectivity index (χ2n) is 15.4. The van der Waals surface area contributed by atoms with E-state index in [4.69, 9.17) is 4.74 Å². The number of fused-ring (bicyclic) bond motifs is 1. The summed E-state index contributed by atoms with van der Waals surface area (Å²) in [5, 5.41) is 28.1. The van der Waals surface area contributed by atoms with Crippen LogP contribution in [-0.2, 0) is 19.3 Å². The van der Waals surface area contributed by atoms with Gasteiger partial charge < -0.3 is 40.9 Å². The number of phenolic OH excluding ortho intramolecular Hbond substituents is 1. The average molecular weight is 765 g/mol. The minimum absolute atomic E-state index is 0.0697. The molecular weight excluding hydrogens is 709 g/mol. The molecular formula is C44H56N6O4S. The molecule has 0 aliphatic rings. The number of carbonyl (C=O) groups excluding carboxylic acids is 2. The lowest BCUT2D eigenvalue weighted by molar-refractivity contribution is 0.221. The lowest BCUT2D eigenvalue weighted by atomic mass is 9.97. The second kappa shape index (κ2) is 19.0. The quantitative estimate of drug-likeness (QED) is 0.0662. The molecule has 0 saturated heterocycles. The van der Waals surface area contributed by atoms with Crippen LogP contribution in [0.2, 0.25) is 0 Å². The Morgan fingerprint density at radius 2 is 1.40 bits per heavy atom. The highest BCUT2D eigenvalue weighted by atomic mass is 32.1. The van der Waals surface area contributed by atoms with E-state index in [2.05, 4.69) is 66.1 Å². The predicted octanol–water partition coefficient (Wildman–Crippen LogP) is 7.73. The number of phenols is 1. The Balaban J connectivity index is 1.19. The molecule has 1 heterocycles. The van der Waals surface area contributed by atoms with Crippen molar-refractivity contribution in [1.29, 1.82) is 0 Å². The molecule has 5 N–H and O–H groups in total. The smallest absolute Gasteiger partial charge is 0.315 e. The van der Waals surface area contributed by atoms with Gasteiger partial charge in [-0.05, 0) is 143 Å². The minimum Gasteiger partial charge on any atom is -0.508 e. The molecule has 4 amide bonds. The van der Waals surface area contributed by atoms with Gasteiger partial charge in [-0.25, -0.2) is 9.59 Å². The monoisotopic (exact) mass is 764 g/mol. The molecule has 0 saturated carbocycles. The molecule has 10 nitrogen and oxygen atoms in total. The van der Waals surface area contributed by atoms with Crippen LogP contribution in [0.25, 0.3) is 10.8 Å². The summed E-state index contributed by atoms with van der Waals surface area (Å²) in [7, 11) is 8.04. The molecule has 5 aromatic rings. The number of benzene rings is 4. The van der Waals surface area contributed by atoms with E-state index in [0.717, 1.165) is 58.2 Å². The molecule has 0 spiro atoms. The van der Waals surface area contributed by atoms with Crippen LogP contribution in [0.3, 0.4) is 0 Å². The van der Waals surface area contributed by atoms with Crippen LogP contribution < -0.4 is 26.0 Å². The molecule has 4 aromatic carbocycles. The highest BCUT2D eigenvalue weighted by Crippen LogP contribution is 2.34. The summed E-state index contributed by atoms with van der Waals surface area (Å²) in [6.07, 6.45) is 2.22. The fraction of sp³-hybridized carbons (Fsp3) is 0.364. The van der Waals surface area contributed by atoms with Gasteiger partial charge in [0.2, 0.25) is 0 Å². The van der Waals surface area contributed by atoms with Gasteiger partial charge in [0.1, 0.15) is 17.2 Å². The average Bonchev–Trinajstić information content (AvgIpc) is 3.64. The van der Waals surface area contributed by atoms with Crippen LogP contribution >= 0.6 is 11.3 Å². The van der Waals surface area contributed by atoms with Crippen LogP contribution in [0.5, 0.6) is 17.2 Å². The van der Waals surface area contributed by atoms with Crippen molar-refractivity contribution in [3.05, 3.63) is 124 Å². The molecule has 3 atom stereocenters. The van der Waals surface area contributed by atoms with Gasteiger partial charge in [0.05, 0.1) is 6.04 Å². The zero-order valence-electron chi connectivity index (χ0n) is 33.1. The highest BCUT2D eigenvalue weighted by molar-refractivity contribution is 7.07. The first-order valence-electron chi connectivity index (χ1n) is 18.8. The Morgan fingerprint density at radius 3 is 2.07 bits per heavy atom. The van der Waals surface area contributed by atoms with Gasteiger partial charge in [-0.3, -0.25) is 0 Å². The molecule has 11 heteroatoms. The summed E-state index contributed by atoms with van der Waals surface area (Å²) >= 11 is 1.66. The summed E-state index contributed by atoms with van der Waals surface area (Å²) in [4.78, 5) is 30.2. The Kier molecular flexibility index (Phi) is 14.2. The van der Waals surface area contributed by atoms with E-state index in [9.17, 15) is 14.7 Å². The van der Waals surface area contributed by atoms with Crippen molar-refractivity contribution in [1.82, 2.24) is 31.1 Å². The van der Waals surface area contributed by atoms with E-state index in [1.165, 1.54) is 5.56 Å². The van der Waals surface area contributed by atoms with Crippen LogP contribution in [-0.4, -0.2) is 85.9 Å². The first-order valence-corrected chi connectivity index (χ1v) is 19.7. The van der Waals surface area contributed by atoms with Crippen LogP contribution in [0, 0.1) is 0 Å². The van der Waals surface area contributed by atoms with Crippen LogP contribution in [0.1, 0.15) is 49.1 Å². The molecule has 1 aromatic heterocycles. The maximum atomic E-state index is 13.1. The summed E-state index contributed by atoms with van der Waals surface area (Å²) in [5.41, 5.74) is 4.01. The van der Waals surface area contributed by atoms with Gasteiger partial charge in [0.15, 0.2) is 0 Å². The van der Waals surface area contributed by atoms with Crippen molar-refractivity contribution in [3.8, 4) is 17.2 Å². The van der Waals surface area contributed by atoms with Gasteiger partial charge in [-0.15, -0.1) is 0 Å². The van der Waals surface area contributed by atoms with E-state index in [-0.39, 0.29) is 41.5 Å². The Bertz CT molecular complexity index is 2000. The minimum atomic E-state index is -0.372.